The summed E-state index contributed by atoms with van der Waals surface area (Å²) in [7, 11) is -3.33. The molecule has 0 saturated carbocycles. The van der Waals surface area contributed by atoms with Gasteiger partial charge in [-0.25, -0.2) is 8.42 Å². The molecule has 21 heavy (non-hydrogen) atoms. The number of sulfone groups is 1. The predicted octanol–water partition coefficient (Wildman–Crippen LogP) is 2.82. The van der Waals surface area contributed by atoms with Gasteiger partial charge in [0.05, 0.1) is 17.3 Å². The SMILES string of the molecule is Cc1c(N)cccc1S(=O)(=O)CCCOc1ccccc1. The molecule has 0 aliphatic heterocycles. The summed E-state index contributed by atoms with van der Waals surface area (Å²) < 4.78 is 30.1. The Bertz CT molecular complexity index is 697. The van der Waals surface area contributed by atoms with Gasteiger partial charge >= 0.3 is 0 Å². The van der Waals surface area contributed by atoms with Crippen molar-refractivity contribution in [3.63, 3.8) is 0 Å². The largest absolute Gasteiger partial charge is 0.494 e. The van der Waals surface area contributed by atoms with E-state index in [1.165, 1.54) is 0 Å². The molecule has 2 aromatic carbocycles. The van der Waals surface area contributed by atoms with Crippen molar-refractivity contribution in [3.05, 3.63) is 54.1 Å². The lowest BCUT2D eigenvalue weighted by Gasteiger charge is -2.10. The molecule has 112 valence electrons. The normalized spacial score (nSPS) is 11.3. The van der Waals surface area contributed by atoms with E-state index in [1.807, 2.05) is 30.3 Å². The summed E-state index contributed by atoms with van der Waals surface area (Å²) >= 11 is 0. The number of rotatable bonds is 6. The van der Waals surface area contributed by atoms with E-state index in [-0.39, 0.29) is 5.75 Å². The number of hydrogen-bond donors (Lipinski definition) is 1. The van der Waals surface area contributed by atoms with Gasteiger partial charge in [-0.3, -0.25) is 0 Å². The Morgan fingerprint density at radius 2 is 1.76 bits per heavy atom. The van der Waals surface area contributed by atoms with Gasteiger partial charge in [0.25, 0.3) is 0 Å². The zero-order valence-electron chi connectivity index (χ0n) is 12.0. The van der Waals surface area contributed by atoms with E-state index < -0.39 is 9.84 Å². The molecule has 0 saturated heterocycles. The highest BCUT2D eigenvalue weighted by atomic mass is 32.2. The van der Waals surface area contributed by atoms with Gasteiger partial charge in [0.2, 0.25) is 0 Å². The minimum absolute atomic E-state index is 0.0458. The Labute approximate surface area is 125 Å². The van der Waals surface area contributed by atoms with Crippen LogP contribution in [0.1, 0.15) is 12.0 Å². The van der Waals surface area contributed by atoms with Crippen molar-refractivity contribution in [1.29, 1.82) is 0 Å². The van der Waals surface area contributed by atoms with Gasteiger partial charge in [-0.1, -0.05) is 24.3 Å². The summed E-state index contributed by atoms with van der Waals surface area (Å²) in [5.41, 5.74) is 6.87. The standard InChI is InChI=1S/C16H19NO3S/c1-13-15(17)9-5-10-16(13)21(18,19)12-6-11-20-14-7-3-2-4-8-14/h2-5,7-10H,6,11-12,17H2,1H3. The molecule has 0 amide bonds. The van der Waals surface area contributed by atoms with Gasteiger partial charge in [-0.2, -0.15) is 0 Å². The summed E-state index contributed by atoms with van der Waals surface area (Å²) in [6, 6.07) is 14.3. The minimum Gasteiger partial charge on any atom is -0.494 e. The van der Waals surface area contributed by atoms with Crippen LogP contribution in [0.15, 0.2) is 53.4 Å². The van der Waals surface area contributed by atoms with Crippen LogP contribution in [0, 0.1) is 6.92 Å². The van der Waals surface area contributed by atoms with Crippen LogP contribution in [-0.2, 0) is 9.84 Å². The molecule has 0 heterocycles. The lowest BCUT2D eigenvalue weighted by molar-refractivity contribution is 0.317. The quantitative estimate of drug-likeness (QED) is 0.658. The second kappa shape index (κ2) is 6.63. The Balaban J connectivity index is 1.94. The average Bonchev–Trinajstić information content (AvgIpc) is 2.47. The summed E-state index contributed by atoms with van der Waals surface area (Å²) in [5, 5.41) is 0. The molecule has 0 unspecified atom stereocenters. The summed E-state index contributed by atoms with van der Waals surface area (Å²) in [6.07, 6.45) is 0.436. The molecule has 0 aromatic heterocycles. The molecular formula is C16H19NO3S. The molecule has 4 nitrogen and oxygen atoms in total. The molecule has 5 heteroatoms. The van der Waals surface area contributed by atoms with Gasteiger partial charge in [-0.15, -0.1) is 0 Å². The van der Waals surface area contributed by atoms with Crippen molar-refractivity contribution in [2.75, 3.05) is 18.1 Å². The number of anilines is 1. The van der Waals surface area contributed by atoms with E-state index >= 15 is 0 Å². The van der Waals surface area contributed by atoms with Crippen molar-refractivity contribution in [2.45, 2.75) is 18.2 Å². The minimum atomic E-state index is -3.33. The number of ether oxygens (including phenoxy) is 1. The third-order valence-electron chi connectivity index (χ3n) is 3.23. The maximum atomic E-state index is 12.3. The van der Waals surface area contributed by atoms with Crippen molar-refractivity contribution in [2.24, 2.45) is 0 Å². The number of nitrogen functional groups attached to an aromatic ring is 1. The fraction of sp³-hybridized carbons (Fsp3) is 0.250. The maximum Gasteiger partial charge on any atom is 0.178 e. The molecule has 0 bridgehead atoms. The second-order valence-electron chi connectivity index (χ2n) is 4.80. The summed E-state index contributed by atoms with van der Waals surface area (Å²) in [5.74, 6) is 0.791. The Morgan fingerprint density at radius 1 is 1.05 bits per heavy atom. The highest BCUT2D eigenvalue weighted by Gasteiger charge is 2.17. The van der Waals surface area contributed by atoms with E-state index in [9.17, 15) is 8.42 Å². The first-order valence-electron chi connectivity index (χ1n) is 6.76. The van der Waals surface area contributed by atoms with Crippen molar-refractivity contribution < 1.29 is 13.2 Å². The second-order valence-corrected chi connectivity index (χ2v) is 6.88. The molecule has 0 fully saturated rings. The van der Waals surface area contributed by atoms with Gasteiger partial charge in [0, 0.05) is 5.69 Å². The smallest absolute Gasteiger partial charge is 0.178 e. The molecule has 0 atom stereocenters. The summed E-state index contributed by atoms with van der Waals surface area (Å²) in [6.45, 7) is 2.09. The zero-order chi connectivity index (χ0) is 15.3. The zero-order valence-corrected chi connectivity index (χ0v) is 12.8. The van der Waals surface area contributed by atoms with Crippen LogP contribution in [-0.4, -0.2) is 20.8 Å². The van der Waals surface area contributed by atoms with Crippen LogP contribution in [0.4, 0.5) is 5.69 Å². The number of nitrogens with two attached hydrogens (primary N) is 1. The first kappa shape index (κ1) is 15.4. The molecular weight excluding hydrogens is 286 g/mol. The highest BCUT2D eigenvalue weighted by Crippen LogP contribution is 2.22. The van der Waals surface area contributed by atoms with Crippen LogP contribution >= 0.6 is 0 Å². The third-order valence-corrected chi connectivity index (χ3v) is 5.17. The maximum absolute atomic E-state index is 12.3. The molecule has 0 aliphatic carbocycles. The molecule has 2 N–H and O–H groups in total. The van der Waals surface area contributed by atoms with E-state index in [1.54, 1.807) is 25.1 Å². The first-order chi connectivity index (χ1) is 10.0. The van der Waals surface area contributed by atoms with Crippen LogP contribution in [0.5, 0.6) is 5.75 Å². The lowest BCUT2D eigenvalue weighted by atomic mass is 10.2. The first-order valence-corrected chi connectivity index (χ1v) is 8.41. The monoisotopic (exact) mass is 305 g/mol. The molecule has 0 radical (unpaired) electrons. The van der Waals surface area contributed by atoms with Crippen molar-refractivity contribution >= 4 is 15.5 Å². The Hall–Kier alpha value is -2.01. The summed E-state index contributed by atoms with van der Waals surface area (Å²) in [4.78, 5) is 0.308. The molecule has 2 aromatic rings. The highest BCUT2D eigenvalue weighted by molar-refractivity contribution is 7.91. The van der Waals surface area contributed by atoms with Crippen molar-refractivity contribution in [1.82, 2.24) is 0 Å². The number of hydrogen-bond acceptors (Lipinski definition) is 4. The van der Waals surface area contributed by atoms with E-state index in [0.717, 1.165) is 5.75 Å². The van der Waals surface area contributed by atoms with Crippen LogP contribution in [0.25, 0.3) is 0 Å². The van der Waals surface area contributed by atoms with Gasteiger partial charge in [0.15, 0.2) is 9.84 Å². The Morgan fingerprint density at radius 3 is 2.48 bits per heavy atom. The van der Waals surface area contributed by atoms with Crippen LogP contribution in [0.3, 0.4) is 0 Å². The fourth-order valence-corrected chi connectivity index (χ4v) is 3.62. The average molecular weight is 305 g/mol. The van der Waals surface area contributed by atoms with Crippen LogP contribution in [0.2, 0.25) is 0 Å². The fourth-order valence-electron chi connectivity index (χ4n) is 2.03. The van der Waals surface area contributed by atoms with Gasteiger partial charge in [0.1, 0.15) is 5.75 Å². The molecule has 0 aliphatic rings. The molecule has 0 spiro atoms. The van der Waals surface area contributed by atoms with Crippen LogP contribution < -0.4 is 10.5 Å². The Kier molecular flexibility index (Phi) is 4.85. The topological polar surface area (TPSA) is 69.4 Å². The molecule has 2 rings (SSSR count). The van der Waals surface area contributed by atoms with Gasteiger partial charge in [-0.05, 0) is 43.2 Å². The number of para-hydroxylation sites is 1. The van der Waals surface area contributed by atoms with Crippen molar-refractivity contribution in [3.8, 4) is 5.75 Å². The lowest BCUT2D eigenvalue weighted by Crippen LogP contribution is -2.12. The van der Waals surface area contributed by atoms with E-state index in [4.69, 9.17) is 10.5 Å². The third kappa shape index (κ3) is 3.98. The van der Waals surface area contributed by atoms with E-state index in [2.05, 4.69) is 0 Å². The van der Waals surface area contributed by atoms with E-state index in [0.29, 0.717) is 29.2 Å². The number of benzene rings is 2. The predicted molar refractivity (Wildman–Crippen MR) is 84.2 cm³/mol. The van der Waals surface area contributed by atoms with Gasteiger partial charge < -0.3 is 10.5 Å².